The van der Waals surface area contributed by atoms with E-state index in [1.54, 1.807) is 60.3 Å². The van der Waals surface area contributed by atoms with Crippen LogP contribution in [-0.4, -0.2) is 120 Å². The number of rotatable bonds is 24. The molecule has 2 heterocycles. The molecule has 0 unspecified atom stereocenters. The molecule has 24 heteroatoms. The highest BCUT2D eigenvalue weighted by atomic mass is 35.5. The molecular formula is C58H62Cl2N8O8S6. The number of thioether (sulfide) groups is 1. The van der Waals surface area contributed by atoms with Gasteiger partial charge in [0.15, 0.2) is 10.3 Å². The average molecular weight is 1260 g/mol. The highest BCUT2D eigenvalue weighted by Crippen LogP contribution is 2.38. The smallest absolute Gasteiger partial charge is 0.323 e. The summed E-state index contributed by atoms with van der Waals surface area (Å²) in [6.07, 6.45) is 6.67. The number of carbonyl (C=O) groups excluding carboxylic acids is 2. The molecule has 0 aliphatic heterocycles. The summed E-state index contributed by atoms with van der Waals surface area (Å²) in [5.41, 5.74) is 7.78. The number of urea groups is 2. The number of nitrogens with zero attached hydrogens (tertiary/aromatic N) is 4. The molecule has 0 saturated carbocycles. The minimum absolute atomic E-state index is 0.00185. The lowest BCUT2D eigenvalue weighted by atomic mass is 9.88. The molecule has 0 atom stereocenters. The molecule has 2 aromatic heterocycles. The van der Waals surface area contributed by atoms with E-state index in [2.05, 4.69) is 54.3 Å². The summed E-state index contributed by atoms with van der Waals surface area (Å²) in [6.45, 7) is 1.49. The van der Waals surface area contributed by atoms with E-state index < -0.39 is 35.9 Å². The van der Waals surface area contributed by atoms with Gasteiger partial charge in [-0.05, 0) is 65.6 Å². The van der Waals surface area contributed by atoms with Gasteiger partial charge < -0.3 is 9.80 Å². The van der Waals surface area contributed by atoms with Crippen LogP contribution in [0.5, 0.6) is 0 Å². The standard InChI is InChI=1S/C29H31ClN4O5S3.C29H31ClN4O3S3/c1-41(36,37)20-19-34(18-17-25(21-9-5-3-6-10-21)22-11-7-4-8-12-22)29(35)32-28-31-26(27(30)40-28)23-13-15-24(16-14-23)33-42(2,38)39;1-38-20-19-34(18-17-25(21-9-5-3-6-10-21)22-11-7-4-8-12-22)29(35)32-28-31-26(27(30)39-28)23-13-15-24(16-14-23)33-40(2,36)37/h3-16,25,33H,17-20H2,1-2H3,(H,31,32,35);3-16,25,33H,17-20H2,1-2H3,(H,31,32,35). The van der Waals surface area contributed by atoms with Gasteiger partial charge in [0, 0.05) is 72.5 Å². The predicted molar refractivity (Wildman–Crippen MR) is 340 cm³/mol. The maximum atomic E-state index is 13.4. The summed E-state index contributed by atoms with van der Waals surface area (Å²) in [4.78, 5) is 39.2. The lowest BCUT2D eigenvalue weighted by Gasteiger charge is -2.26. The number of sulfonamides is 2. The van der Waals surface area contributed by atoms with Crippen molar-refractivity contribution in [3.05, 3.63) is 201 Å². The topological polar surface area (TPSA) is 217 Å². The first-order chi connectivity index (χ1) is 39.1. The van der Waals surface area contributed by atoms with Gasteiger partial charge in [0.05, 0.1) is 18.3 Å². The summed E-state index contributed by atoms with van der Waals surface area (Å²) >= 11 is 16.9. The Bertz CT molecular complexity index is 3620. The first kappa shape index (κ1) is 63.1. The largest absolute Gasteiger partial charge is 0.324 e. The van der Waals surface area contributed by atoms with E-state index in [4.69, 9.17) is 23.2 Å². The molecule has 0 aliphatic carbocycles. The van der Waals surface area contributed by atoms with Crippen LogP contribution in [-0.2, 0) is 29.9 Å². The van der Waals surface area contributed by atoms with E-state index in [1.165, 1.54) is 27.4 Å². The Morgan fingerprint density at radius 3 is 1.13 bits per heavy atom. The highest BCUT2D eigenvalue weighted by Gasteiger charge is 2.24. The molecule has 0 spiro atoms. The van der Waals surface area contributed by atoms with Gasteiger partial charge in [0.25, 0.3) is 0 Å². The van der Waals surface area contributed by atoms with Crippen LogP contribution in [0, 0.1) is 0 Å². The van der Waals surface area contributed by atoms with Crippen molar-refractivity contribution in [2.45, 2.75) is 24.7 Å². The van der Waals surface area contributed by atoms with Gasteiger partial charge in [0.1, 0.15) is 29.9 Å². The first-order valence-electron chi connectivity index (χ1n) is 25.6. The number of anilines is 4. The summed E-state index contributed by atoms with van der Waals surface area (Å²) in [5.74, 6) is 0.793. The zero-order valence-corrected chi connectivity index (χ0v) is 51.6. The first-order valence-corrected chi connectivity index (χ1v) is 35.2. The van der Waals surface area contributed by atoms with Crippen LogP contribution in [0.4, 0.5) is 31.2 Å². The van der Waals surface area contributed by atoms with Crippen LogP contribution in [0.25, 0.3) is 22.5 Å². The summed E-state index contributed by atoms with van der Waals surface area (Å²) in [5, 5.41) is 6.37. The summed E-state index contributed by atoms with van der Waals surface area (Å²) < 4.78 is 75.5. The number of thiazole rings is 2. The van der Waals surface area contributed by atoms with E-state index >= 15 is 0 Å². The molecule has 0 saturated heterocycles. The van der Waals surface area contributed by atoms with Crippen molar-refractivity contribution in [1.29, 1.82) is 0 Å². The monoisotopic (exact) mass is 1260 g/mol. The second-order valence-electron chi connectivity index (χ2n) is 19.0. The fourth-order valence-corrected chi connectivity index (χ4v) is 12.9. The van der Waals surface area contributed by atoms with E-state index in [1.807, 2.05) is 108 Å². The van der Waals surface area contributed by atoms with Crippen molar-refractivity contribution in [2.24, 2.45) is 0 Å². The van der Waals surface area contributed by atoms with Crippen molar-refractivity contribution in [3.63, 3.8) is 0 Å². The van der Waals surface area contributed by atoms with Crippen LogP contribution in [0.2, 0.25) is 8.67 Å². The minimum Gasteiger partial charge on any atom is -0.324 e. The number of halogens is 2. The van der Waals surface area contributed by atoms with Crippen LogP contribution >= 0.6 is 57.6 Å². The SMILES string of the molecule is CS(=O)(=O)CCN(CCC(c1ccccc1)c1ccccc1)C(=O)Nc1nc(-c2ccc(NS(C)(=O)=O)cc2)c(Cl)s1.CSCCN(CCC(c1ccccc1)c1ccccc1)C(=O)Nc1nc(-c2ccc(NS(C)(=O)=O)cc2)c(Cl)s1. The van der Waals surface area contributed by atoms with Crippen molar-refractivity contribution in [3.8, 4) is 22.5 Å². The molecule has 82 heavy (non-hydrogen) atoms. The fraction of sp³-hybridized carbons (Fsp3) is 0.241. The minimum atomic E-state index is -3.42. The van der Waals surface area contributed by atoms with E-state index in [0.29, 0.717) is 73.7 Å². The molecule has 0 fully saturated rings. The number of benzene rings is 6. The Kier molecular flexibility index (Phi) is 22.8. The number of aromatic nitrogens is 2. The normalized spacial score (nSPS) is 11.6. The van der Waals surface area contributed by atoms with Gasteiger partial charge in [-0.25, -0.2) is 44.8 Å². The molecule has 0 bridgehead atoms. The number of amides is 4. The zero-order valence-electron chi connectivity index (χ0n) is 45.2. The Morgan fingerprint density at radius 2 is 0.829 bits per heavy atom. The second-order valence-corrected chi connectivity index (χ2v) is 28.9. The third-order valence-electron chi connectivity index (χ3n) is 12.6. The van der Waals surface area contributed by atoms with Gasteiger partial charge in [-0.1, -0.05) is 191 Å². The fourth-order valence-electron chi connectivity index (χ4n) is 8.70. The maximum Gasteiger partial charge on any atom is 0.323 e. The molecule has 6 aromatic carbocycles. The number of hydrogen-bond donors (Lipinski definition) is 4. The third kappa shape index (κ3) is 19.9. The number of sulfone groups is 1. The Labute approximate surface area is 502 Å². The lowest BCUT2D eigenvalue weighted by molar-refractivity contribution is 0.212. The van der Waals surface area contributed by atoms with E-state index in [-0.39, 0.29) is 35.3 Å². The number of hydrogen-bond acceptors (Lipinski definition) is 13. The Morgan fingerprint density at radius 1 is 0.500 bits per heavy atom. The molecule has 4 N–H and O–H groups in total. The molecular weight excluding hydrogens is 1200 g/mol. The summed E-state index contributed by atoms with van der Waals surface area (Å²) in [6, 6.07) is 53.3. The van der Waals surface area contributed by atoms with Crippen molar-refractivity contribution >= 4 is 121 Å². The van der Waals surface area contributed by atoms with Crippen LogP contribution in [0.1, 0.15) is 46.9 Å². The predicted octanol–water partition coefficient (Wildman–Crippen LogP) is 13.2. The Balaban J connectivity index is 0.000000236. The average Bonchev–Trinajstić information content (AvgIpc) is 4.06. The third-order valence-corrected chi connectivity index (χ3v) is 17.6. The Hall–Kier alpha value is -6.50. The van der Waals surface area contributed by atoms with Crippen LogP contribution < -0.4 is 20.1 Å². The molecule has 432 valence electrons. The van der Waals surface area contributed by atoms with Gasteiger partial charge in [-0.15, -0.1) is 0 Å². The molecule has 0 aliphatic rings. The molecule has 4 amide bonds. The van der Waals surface area contributed by atoms with Gasteiger partial charge in [-0.3, -0.25) is 20.1 Å². The number of carbonyl (C=O) groups is 2. The van der Waals surface area contributed by atoms with Crippen LogP contribution in [0.3, 0.4) is 0 Å². The van der Waals surface area contributed by atoms with E-state index in [0.717, 1.165) is 53.4 Å². The second kappa shape index (κ2) is 29.7. The van der Waals surface area contributed by atoms with Gasteiger partial charge >= 0.3 is 12.1 Å². The quantitative estimate of drug-likeness (QED) is 0.0446. The van der Waals surface area contributed by atoms with Gasteiger partial charge in [-0.2, -0.15) is 11.8 Å². The summed E-state index contributed by atoms with van der Waals surface area (Å²) in [7, 11) is -10.1. The molecule has 0 radical (unpaired) electrons. The molecule has 16 nitrogen and oxygen atoms in total. The van der Waals surface area contributed by atoms with Crippen LogP contribution in [0.15, 0.2) is 170 Å². The van der Waals surface area contributed by atoms with E-state index in [9.17, 15) is 34.8 Å². The van der Waals surface area contributed by atoms with Gasteiger partial charge in [0.2, 0.25) is 20.0 Å². The van der Waals surface area contributed by atoms with Crippen molar-refractivity contribution in [1.82, 2.24) is 19.8 Å². The highest BCUT2D eigenvalue weighted by molar-refractivity contribution is 7.98. The maximum absolute atomic E-state index is 13.4. The van der Waals surface area contributed by atoms with Crippen molar-refractivity contribution in [2.75, 3.05) is 82.8 Å². The molecule has 8 rings (SSSR count). The zero-order chi connectivity index (χ0) is 58.9. The molecule has 8 aromatic rings. The number of nitrogens with one attached hydrogen (secondary N) is 4. The lowest BCUT2D eigenvalue weighted by Crippen LogP contribution is -2.39. The van der Waals surface area contributed by atoms with Crippen molar-refractivity contribution < 1.29 is 34.8 Å².